The predicted molar refractivity (Wildman–Crippen MR) is 91.2 cm³/mol. The van der Waals surface area contributed by atoms with Crippen LogP contribution in [0.25, 0.3) is 0 Å². The van der Waals surface area contributed by atoms with E-state index in [1.54, 1.807) is 17.3 Å². The van der Waals surface area contributed by atoms with Gasteiger partial charge in [-0.25, -0.2) is 4.79 Å². The Labute approximate surface area is 139 Å². The van der Waals surface area contributed by atoms with E-state index in [0.29, 0.717) is 6.10 Å². The fraction of sp³-hybridized carbons (Fsp3) is 0.667. The van der Waals surface area contributed by atoms with Crippen molar-refractivity contribution >= 4 is 6.03 Å². The van der Waals surface area contributed by atoms with E-state index in [1.165, 1.54) is 0 Å². The summed E-state index contributed by atoms with van der Waals surface area (Å²) in [6, 6.07) is 4.15. The van der Waals surface area contributed by atoms with Crippen molar-refractivity contribution in [3.8, 4) is 0 Å². The van der Waals surface area contributed by atoms with Gasteiger partial charge in [-0.15, -0.1) is 0 Å². The minimum atomic E-state index is -0.0199. The van der Waals surface area contributed by atoms with E-state index in [4.69, 9.17) is 4.74 Å². The molecule has 0 spiro atoms. The Morgan fingerprint density at radius 2 is 2.22 bits per heavy atom. The normalized spacial score (nSPS) is 20.0. The smallest absolute Gasteiger partial charge is 0.317 e. The van der Waals surface area contributed by atoms with Crippen LogP contribution in [0.4, 0.5) is 4.79 Å². The van der Waals surface area contributed by atoms with E-state index in [2.05, 4.69) is 24.1 Å². The van der Waals surface area contributed by atoms with Crippen molar-refractivity contribution in [1.29, 1.82) is 0 Å². The largest absolute Gasteiger partial charge is 0.378 e. The van der Waals surface area contributed by atoms with Gasteiger partial charge in [0.05, 0.1) is 12.1 Å². The summed E-state index contributed by atoms with van der Waals surface area (Å²) in [5, 5.41) is 3.10. The molecule has 1 N–H and O–H groups in total. The summed E-state index contributed by atoms with van der Waals surface area (Å²) in [7, 11) is 1.86. The molecule has 1 aliphatic rings. The van der Waals surface area contributed by atoms with Crippen LogP contribution in [0.2, 0.25) is 0 Å². The minimum absolute atomic E-state index is 0.0199. The van der Waals surface area contributed by atoms with Gasteiger partial charge >= 0.3 is 6.03 Å². The Kier molecular flexibility index (Phi) is 6.84. The van der Waals surface area contributed by atoms with Crippen LogP contribution in [0.1, 0.15) is 57.6 Å². The molecule has 0 aromatic carbocycles. The van der Waals surface area contributed by atoms with Crippen molar-refractivity contribution in [2.75, 3.05) is 13.7 Å². The summed E-state index contributed by atoms with van der Waals surface area (Å²) in [5.74, 6) is 0. The first-order valence-corrected chi connectivity index (χ1v) is 8.66. The highest BCUT2D eigenvalue weighted by Crippen LogP contribution is 2.22. The van der Waals surface area contributed by atoms with Crippen LogP contribution < -0.4 is 5.32 Å². The van der Waals surface area contributed by atoms with E-state index >= 15 is 0 Å². The Morgan fingerprint density at radius 3 is 2.83 bits per heavy atom. The number of rotatable bonds is 7. The summed E-state index contributed by atoms with van der Waals surface area (Å²) < 4.78 is 5.64. The maximum Gasteiger partial charge on any atom is 0.317 e. The van der Waals surface area contributed by atoms with Crippen LogP contribution in [-0.4, -0.2) is 41.7 Å². The number of carbonyl (C=O) groups is 1. The highest BCUT2D eigenvalue weighted by molar-refractivity contribution is 5.74. The van der Waals surface area contributed by atoms with Gasteiger partial charge in [0.1, 0.15) is 0 Å². The lowest BCUT2D eigenvalue weighted by Gasteiger charge is -2.29. The number of hydrogen-bond donors (Lipinski definition) is 1. The van der Waals surface area contributed by atoms with Gasteiger partial charge in [0.2, 0.25) is 0 Å². The van der Waals surface area contributed by atoms with Crippen molar-refractivity contribution in [1.82, 2.24) is 15.2 Å². The van der Waals surface area contributed by atoms with Gasteiger partial charge in [-0.2, -0.15) is 0 Å². The van der Waals surface area contributed by atoms with Crippen LogP contribution in [-0.2, 0) is 4.74 Å². The predicted octanol–water partition coefficient (Wildman–Crippen LogP) is 3.52. The average molecular weight is 319 g/mol. The molecule has 3 atom stereocenters. The second-order valence-corrected chi connectivity index (χ2v) is 6.38. The Morgan fingerprint density at radius 1 is 1.48 bits per heavy atom. The maximum absolute atomic E-state index is 12.5. The molecule has 5 heteroatoms. The topological polar surface area (TPSA) is 54.5 Å². The molecule has 2 heterocycles. The highest BCUT2D eigenvalue weighted by atomic mass is 16.5. The number of pyridine rings is 1. The van der Waals surface area contributed by atoms with Crippen molar-refractivity contribution in [2.24, 2.45) is 0 Å². The number of amides is 2. The number of ether oxygens (including phenoxy) is 1. The van der Waals surface area contributed by atoms with Crippen LogP contribution >= 0.6 is 0 Å². The van der Waals surface area contributed by atoms with E-state index < -0.39 is 0 Å². The molecular weight excluding hydrogens is 290 g/mol. The molecule has 5 nitrogen and oxygen atoms in total. The number of aromatic nitrogens is 1. The van der Waals surface area contributed by atoms with Gasteiger partial charge in [-0.1, -0.05) is 6.92 Å². The molecule has 0 radical (unpaired) electrons. The first-order valence-electron chi connectivity index (χ1n) is 8.66. The first kappa shape index (κ1) is 17.7. The third-order valence-electron chi connectivity index (χ3n) is 4.58. The zero-order chi connectivity index (χ0) is 16.7. The lowest BCUT2D eigenvalue weighted by atomic mass is 10.0. The lowest BCUT2D eigenvalue weighted by Crippen LogP contribution is -2.43. The van der Waals surface area contributed by atoms with Crippen molar-refractivity contribution in [2.45, 2.75) is 64.1 Å². The molecule has 1 aromatic rings. The lowest BCUT2D eigenvalue weighted by molar-refractivity contribution is 0.0998. The third-order valence-corrected chi connectivity index (χ3v) is 4.58. The van der Waals surface area contributed by atoms with Gasteiger partial charge in [0.15, 0.2) is 0 Å². The Balaban J connectivity index is 1.82. The van der Waals surface area contributed by atoms with Crippen molar-refractivity contribution in [3.63, 3.8) is 0 Å². The van der Waals surface area contributed by atoms with E-state index in [-0.39, 0.29) is 18.1 Å². The zero-order valence-electron chi connectivity index (χ0n) is 14.5. The summed E-state index contributed by atoms with van der Waals surface area (Å²) in [6.45, 7) is 5.04. The van der Waals surface area contributed by atoms with E-state index in [9.17, 15) is 4.79 Å². The minimum Gasteiger partial charge on any atom is -0.378 e. The molecule has 0 unspecified atom stereocenters. The second kappa shape index (κ2) is 8.87. The Bertz CT molecular complexity index is 474. The molecule has 1 fully saturated rings. The standard InChI is InChI=1S/C18H29N3O2/c1-4-17(15-9-11-19-12-10-15)21(3)18(22)20-14(2)7-8-16-6-5-13-23-16/h9-12,14,16-17H,4-8,13H2,1-3H3,(H,20,22)/t14-,16-,17+/m0/s1. The Hall–Kier alpha value is -1.62. The quantitative estimate of drug-likeness (QED) is 0.836. The molecule has 0 bridgehead atoms. The molecule has 23 heavy (non-hydrogen) atoms. The molecule has 0 saturated carbocycles. The average Bonchev–Trinajstić information content (AvgIpc) is 3.08. The monoisotopic (exact) mass is 319 g/mol. The van der Waals surface area contributed by atoms with Crippen LogP contribution in [0.5, 0.6) is 0 Å². The summed E-state index contributed by atoms with van der Waals surface area (Å²) in [6.07, 6.45) is 9.09. The first-order chi connectivity index (χ1) is 11.1. The zero-order valence-corrected chi connectivity index (χ0v) is 14.5. The summed E-state index contributed by atoms with van der Waals surface area (Å²) in [5.41, 5.74) is 1.12. The van der Waals surface area contributed by atoms with Crippen molar-refractivity contribution < 1.29 is 9.53 Å². The van der Waals surface area contributed by atoms with Crippen LogP contribution in [0.3, 0.4) is 0 Å². The number of hydrogen-bond acceptors (Lipinski definition) is 3. The number of nitrogens with one attached hydrogen (secondary N) is 1. The third kappa shape index (κ3) is 5.20. The van der Waals surface area contributed by atoms with Gasteiger partial charge in [-0.05, 0) is 56.7 Å². The van der Waals surface area contributed by atoms with Gasteiger partial charge < -0.3 is 15.0 Å². The number of urea groups is 1. The van der Waals surface area contributed by atoms with E-state index in [1.807, 2.05) is 19.2 Å². The molecular formula is C18H29N3O2. The highest BCUT2D eigenvalue weighted by Gasteiger charge is 2.22. The fourth-order valence-electron chi connectivity index (χ4n) is 3.15. The van der Waals surface area contributed by atoms with Gasteiger partial charge in [-0.3, -0.25) is 4.98 Å². The second-order valence-electron chi connectivity index (χ2n) is 6.38. The van der Waals surface area contributed by atoms with E-state index in [0.717, 1.165) is 44.3 Å². The van der Waals surface area contributed by atoms with Crippen molar-refractivity contribution in [3.05, 3.63) is 30.1 Å². The van der Waals surface area contributed by atoms with Gasteiger partial charge in [0, 0.05) is 32.1 Å². The maximum atomic E-state index is 12.5. The summed E-state index contributed by atoms with van der Waals surface area (Å²) in [4.78, 5) is 18.3. The molecule has 1 saturated heterocycles. The van der Waals surface area contributed by atoms with Crippen LogP contribution in [0.15, 0.2) is 24.5 Å². The molecule has 1 aromatic heterocycles. The molecule has 128 valence electrons. The molecule has 2 rings (SSSR count). The SMILES string of the molecule is CC[C@H](c1ccncc1)N(C)C(=O)N[C@@H](C)CC[C@@H]1CCCO1. The van der Waals surface area contributed by atoms with Gasteiger partial charge in [0.25, 0.3) is 0 Å². The number of nitrogens with zero attached hydrogens (tertiary/aromatic N) is 2. The molecule has 0 aliphatic carbocycles. The summed E-state index contributed by atoms with van der Waals surface area (Å²) >= 11 is 0. The fourth-order valence-corrected chi connectivity index (χ4v) is 3.15. The molecule has 2 amide bonds. The van der Waals surface area contributed by atoms with Crippen LogP contribution in [0, 0.1) is 0 Å². The molecule has 1 aliphatic heterocycles. The number of carbonyl (C=O) groups excluding carboxylic acids is 1.